The first-order valence-electron chi connectivity index (χ1n) is 12.5. The lowest BCUT2D eigenvalue weighted by Crippen LogP contribution is -2.34. The largest absolute Gasteiger partial charge is 0.492 e. The molecule has 0 radical (unpaired) electrons. The van der Waals surface area contributed by atoms with Crippen LogP contribution in [0, 0.1) is 6.92 Å². The number of carbonyl (C=O) groups excluding carboxylic acids is 2. The summed E-state index contributed by atoms with van der Waals surface area (Å²) in [7, 11) is 0. The number of allylic oxidation sites excluding steroid dienone is 1. The quantitative estimate of drug-likeness (QED) is 0.361. The monoisotopic (exact) mass is 525 g/mol. The third-order valence-corrected chi connectivity index (χ3v) is 7.94. The van der Waals surface area contributed by atoms with Crippen molar-refractivity contribution >= 4 is 51.7 Å². The zero-order chi connectivity index (χ0) is 25.5. The van der Waals surface area contributed by atoms with Crippen LogP contribution >= 0.6 is 23.4 Å². The van der Waals surface area contributed by atoms with E-state index < -0.39 is 5.25 Å². The van der Waals surface area contributed by atoms with Crippen LogP contribution in [0.3, 0.4) is 0 Å². The highest BCUT2D eigenvalue weighted by molar-refractivity contribution is 8.15. The van der Waals surface area contributed by atoms with Crippen LogP contribution in [0.4, 0.5) is 11.4 Å². The molecule has 0 bridgehead atoms. The molecule has 1 aliphatic carbocycles. The Morgan fingerprint density at radius 1 is 1.22 bits per heavy atom. The molecule has 8 heteroatoms. The maximum Gasteiger partial charge on any atom is 0.242 e. The first-order chi connectivity index (χ1) is 17.5. The van der Waals surface area contributed by atoms with Gasteiger partial charge in [-0.2, -0.15) is 0 Å². The van der Waals surface area contributed by atoms with Crippen LogP contribution in [-0.2, 0) is 9.59 Å². The van der Waals surface area contributed by atoms with E-state index in [1.54, 1.807) is 17.0 Å². The number of para-hydroxylation sites is 2. The molecule has 0 saturated carbocycles. The van der Waals surface area contributed by atoms with Crippen molar-refractivity contribution in [1.29, 1.82) is 0 Å². The molecule has 2 aliphatic rings. The Hall–Kier alpha value is -2.77. The maximum absolute atomic E-state index is 13.5. The van der Waals surface area contributed by atoms with E-state index >= 15 is 0 Å². The molecule has 36 heavy (non-hydrogen) atoms. The fraction of sp³-hybridized carbons (Fsp3) is 0.393. The van der Waals surface area contributed by atoms with Crippen molar-refractivity contribution in [2.45, 2.75) is 57.6 Å². The molecule has 0 spiro atoms. The van der Waals surface area contributed by atoms with Crippen LogP contribution in [0.1, 0.15) is 51.0 Å². The molecule has 1 atom stereocenters. The second-order valence-electron chi connectivity index (χ2n) is 8.91. The summed E-state index contributed by atoms with van der Waals surface area (Å²) in [6, 6.07) is 12.9. The van der Waals surface area contributed by atoms with Crippen LogP contribution in [0.5, 0.6) is 5.75 Å². The van der Waals surface area contributed by atoms with Crippen molar-refractivity contribution in [2.24, 2.45) is 4.99 Å². The molecule has 1 saturated heterocycles. The van der Waals surface area contributed by atoms with Gasteiger partial charge in [-0.15, -0.1) is 0 Å². The number of thioether (sulfide) groups is 1. The smallest absolute Gasteiger partial charge is 0.242 e. The number of amides is 2. The lowest BCUT2D eigenvalue weighted by Gasteiger charge is -2.19. The van der Waals surface area contributed by atoms with Crippen LogP contribution in [0.2, 0.25) is 5.02 Å². The number of benzene rings is 2. The van der Waals surface area contributed by atoms with E-state index in [9.17, 15) is 9.59 Å². The molecule has 1 fully saturated rings. The van der Waals surface area contributed by atoms with Gasteiger partial charge in [-0.25, -0.2) is 4.99 Å². The molecule has 4 rings (SSSR count). The number of halogens is 1. The van der Waals surface area contributed by atoms with Gasteiger partial charge >= 0.3 is 0 Å². The third kappa shape index (κ3) is 6.51. The summed E-state index contributed by atoms with van der Waals surface area (Å²) in [6.07, 6.45) is 7.79. The summed E-state index contributed by atoms with van der Waals surface area (Å²) in [4.78, 5) is 32.9. The van der Waals surface area contributed by atoms with Crippen LogP contribution < -0.4 is 10.1 Å². The maximum atomic E-state index is 13.5. The number of carbonyl (C=O) groups is 2. The number of nitrogens with one attached hydrogen (secondary N) is 1. The Morgan fingerprint density at radius 3 is 2.83 bits per heavy atom. The number of rotatable bonds is 9. The molecule has 1 heterocycles. The first-order valence-corrected chi connectivity index (χ1v) is 13.7. The van der Waals surface area contributed by atoms with Crippen molar-refractivity contribution in [2.75, 3.05) is 18.5 Å². The van der Waals surface area contributed by atoms with Crippen LogP contribution in [0.15, 0.2) is 59.1 Å². The zero-order valence-electron chi connectivity index (χ0n) is 20.8. The number of amidine groups is 1. The average Bonchev–Trinajstić information content (AvgIpc) is 3.16. The van der Waals surface area contributed by atoms with E-state index in [1.807, 2.05) is 44.2 Å². The number of hydrogen-bond donors (Lipinski definition) is 1. The van der Waals surface area contributed by atoms with Gasteiger partial charge in [-0.1, -0.05) is 53.2 Å². The predicted molar refractivity (Wildman–Crippen MR) is 148 cm³/mol. The fourth-order valence-corrected chi connectivity index (χ4v) is 5.71. The molecule has 2 aromatic carbocycles. The highest BCUT2D eigenvalue weighted by atomic mass is 35.5. The lowest BCUT2D eigenvalue weighted by molar-refractivity contribution is -0.128. The van der Waals surface area contributed by atoms with Crippen LogP contribution in [-0.4, -0.2) is 40.3 Å². The van der Waals surface area contributed by atoms with Gasteiger partial charge in [-0.05, 0) is 75.8 Å². The summed E-state index contributed by atoms with van der Waals surface area (Å²) in [6.45, 7) is 4.87. The number of hydrogen-bond acceptors (Lipinski definition) is 5. The Morgan fingerprint density at radius 2 is 2.06 bits per heavy atom. The third-order valence-electron chi connectivity index (χ3n) is 6.36. The highest BCUT2D eigenvalue weighted by Gasteiger charge is 2.39. The van der Waals surface area contributed by atoms with Crippen molar-refractivity contribution in [1.82, 2.24) is 4.90 Å². The molecule has 0 aromatic heterocycles. The normalized spacial score (nSPS) is 18.9. The second-order valence-corrected chi connectivity index (χ2v) is 10.5. The van der Waals surface area contributed by atoms with Gasteiger partial charge in [0, 0.05) is 23.7 Å². The Kier molecular flexibility index (Phi) is 9.10. The number of aliphatic imine (C=N–C) groups is 1. The zero-order valence-corrected chi connectivity index (χ0v) is 22.3. The van der Waals surface area contributed by atoms with Gasteiger partial charge in [0.25, 0.3) is 0 Å². The Balaban J connectivity index is 1.53. The van der Waals surface area contributed by atoms with Gasteiger partial charge < -0.3 is 10.1 Å². The molecule has 6 nitrogen and oxygen atoms in total. The summed E-state index contributed by atoms with van der Waals surface area (Å²) in [5.74, 6) is 0.368. The van der Waals surface area contributed by atoms with Gasteiger partial charge in [0.2, 0.25) is 11.8 Å². The molecule has 1 N–H and O–H groups in total. The Bertz CT molecular complexity index is 1180. The molecule has 0 unspecified atom stereocenters. The van der Waals surface area contributed by atoms with Crippen molar-refractivity contribution in [3.05, 3.63) is 64.7 Å². The van der Waals surface area contributed by atoms with E-state index in [1.165, 1.54) is 30.2 Å². The molecular weight excluding hydrogens is 494 g/mol. The molecular formula is C28H32ClN3O3S. The van der Waals surface area contributed by atoms with E-state index in [-0.39, 0.29) is 18.2 Å². The summed E-state index contributed by atoms with van der Waals surface area (Å²) < 4.78 is 5.74. The average molecular weight is 526 g/mol. The number of nitrogens with zero attached hydrogens (tertiary/aromatic N) is 2. The molecule has 2 aromatic rings. The van der Waals surface area contributed by atoms with Gasteiger partial charge in [0.15, 0.2) is 5.17 Å². The minimum absolute atomic E-state index is 0.0563. The van der Waals surface area contributed by atoms with Crippen LogP contribution in [0.25, 0.3) is 0 Å². The van der Waals surface area contributed by atoms with Crippen molar-refractivity contribution < 1.29 is 14.3 Å². The highest BCUT2D eigenvalue weighted by Crippen LogP contribution is 2.36. The first kappa shape index (κ1) is 26.3. The van der Waals surface area contributed by atoms with Gasteiger partial charge in [0.05, 0.1) is 6.61 Å². The summed E-state index contributed by atoms with van der Waals surface area (Å²) >= 11 is 7.54. The molecule has 190 valence electrons. The Labute approximate surface area is 222 Å². The fourth-order valence-electron chi connectivity index (χ4n) is 4.36. The van der Waals surface area contributed by atoms with E-state index in [0.29, 0.717) is 40.5 Å². The second kappa shape index (κ2) is 12.5. The number of anilines is 1. The number of ether oxygens (including phenoxy) is 1. The minimum atomic E-state index is -0.539. The van der Waals surface area contributed by atoms with Crippen molar-refractivity contribution in [3.63, 3.8) is 0 Å². The van der Waals surface area contributed by atoms with Crippen molar-refractivity contribution in [3.8, 4) is 5.75 Å². The lowest BCUT2D eigenvalue weighted by atomic mass is 9.97. The summed E-state index contributed by atoms with van der Waals surface area (Å²) in [5.41, 5.74) is 3.53. The standard InChI is InChI=1S/C28H32ClN3O3S/c1-3-35-24-15-8-7-13-23(24)31-28-32(17-16-20-10-5-4-6-11-20)27(34)25(36-28)18-26(33)30-22-14-9-12-21(29)19(22)2/h7-10,12-15,25H,3-6,11,16-18H2,1-2H3,(H,30,33)/t25-/m1/s1. The molecule has 1 aliphatic heterocycles. The summed E-state index contributed by atoms with van der Waals surface area (Å²) in [5, 5.41) is 3.57. The topological polar surface area (TPSA) is 71.0 Å². The van der Waals surface area contributed by atoms with E-state index in [4.69, 9.17) is 21.3 Å². The predicted octanol–water partition coefficient (Wildman–Crippen LogP) is 6.90. The van der Waals surface area contributed by atoms with Gasteiger partial charge in [-0.3, -0.25) is 14.5 Å². The molecule has 2 amide bonds. The minimum Gasteiger partial charge on any atom is -0.492 e. The van der Waals surface area contributed by atoms with E-state index in [0.717, 1.165) is 24.8 Å². The SMILES string of the molecule is CCOc1ccccc1N=C1S[C@H](CC(=O)Nc2cccc(Cl)c2C)C(=O)N1CCC1=CCCCC1. The van der Waals surface area contributed by atoms with E-state index in [2.05, 4.69) is 11.4 Å². The van der Waals surface area contributed by atoms with Gasteiger partial charge in [0.1, 0.15) is 16.7 Å².